The molecule has 7 nitrogen and oxygen atoms in total. The van der Waals surface area contributed by atoms with Crippen molar-refractivity contribution >= 4 is 21.8 Å². The summed E-state index contributed by atoms with van der Waals surface area (Å²) in [6.07, 6.45) is 1.92. The van der Waals surface area contributed by atoms with Crippen molar-refractivity contribution in [3.05, 3.63) is 59.7 Å². The lowest BCUT2D eigenvalue weighted by molar-refractivity contribution is -0.212. The quantitative estimate of drug-likeness (QED) is 0.602. The molecule has 3 rings (SSSR count). The Morgan fingerprint density at radius 2 is 1.81 bits per heavy atom. The second-order valence-electron chi connectivity index (χ2n) is 5.84. The molecule has 2 aromatic carbocycles. The van der Waals surface area contributed by atoms with Gasteiger partial charge in [-0.2, -0.15) is 12.8 Å². The van der Waals surface area contributed by atoms with Gasteiger partial charge in [-0.25, -0.2) is 0 Å². The highest BCUT2D eigenvalue weighted by molar-refractivity contribution is 7.90. The van der Waals surface area contributed by atoms with E-state index in [0.29, 0.717) is 5.56 Å². The number of amides is 1. The van der Waals surface area contributed by atoms with Gasteiger partial charge in [0.2, 0.25) is 0 Å². The third kappa shape index (κ3) is 4.02. The summed E-state index contributed by atoms with van der Waals surface area (Å²) in [4.78, 5) is 11.8. The van der Waals surface area contributed by atoms with Gasteiger partial charge in [0.1, 0.15) is 5.75 Å². The average molecular weight is 373 g/mol. The van der Waals surface area contributed by atoms with Crippen LogP contribution in [0.2, 0.25) is 0 Å². The van der Waals surface area contributed by atoms with E-state index in [4.69, 9.17) is 4.74 Å². The highest BCUT2D eigenvalue weighted by atomic mass is 32.2. The monoisotopic (exact) mass is 373 g/mol. The lowest BCUT2D eigenvalue weighted by Gasteiger charge is -2.14. The minimum Gasteiger partial charge on any atom is -0.858 e. The van der Waals surface area contributed by atoms with Crippen LogP contribution in [0.25, 0.3) is 0 Å². The van der Waals surface area contributed by atoms with Crippen molar-refractivity contribution in [2.24, 2.45) is 4.40 Å². The summed E-state index contributed by atoms with van der Waals surface area (Å²) < 4.78 is 33.1. The SMILES string of the molecule is COc1ccccc1C([O-])=NS(=O)(=O)c1ccc(C(=O)NC2CC2)cc1. The number of ether oxygens (including phenoxy) is 1. The Hall–Kier alpha value is -2.87. The highest BCUT2D eigenvalue weighted by Gasteiger charge is 2.24. The standard InChI is InChI=1S/C18H18N2O5S/c1-25-16-5-3-2-4-15(16)18(22)20-26(23,24)14-10-6-12(7-11-14)17(21)19-13-8-9-13/h2-7,10-11,13H,8-9H2,1H3,(H,19,21)(H,20,22)/p-1. The molecule has 0 saturated heterocycles. The van der Waals surface area contributed by atoms with Gasteiger partial charge in [0.15, 0.2) is 0 Å². The van der Waals surface area contributed by atoms with Crippen LogP contribution in [-0.2, 0) is 10.0 Å². The molecule has 1 N–H and O–H groups in total. The smallest absolute Gasteiger partial charge is 0.281 e. The van der Waals surface area contributed by atoms with Gasteiger partial charge >= 0.3 is 0 Å². The largest absolute Gasteiger partial charge is 0.858 e. The molecule has 0 heterocycles. The zero-order valence-corrected chi connectivity index (χ0v) is 14.8. The van der Waals surface area contributed by atoms with Gasteiger partial charge in [0, 0.05) is 23.1 Å². The number of hydrogen-bond donors (Lipinski definition) is 1. The van der Waals surface area contributed by atoms with Crippen molar-refractivity contribution in [1.82, 2.24) is 5.32 Å². The summed E-state index contributed by atoms with van der Waals surface area (Å²) >= 11 is 0. The molecule has 8 heteroatoms. The van der Waals surface area contributed by atoms with E-state index in [0.717, 1.165) is 12.8 Å². The topological polar surface area (TPSA) is 108 Å². The van der Waals surface area contributed by atoms with Crippen molar-refractivity contribution in [2.75, 3.05) is 7.11 Å². The highest BCUT2D eigenvalue weighted by Crippen LogP contribution is 2.21. The number of hydrogen-bond acceptors (Lipinski definition) is 5. The Kier molecular flexibility index (Phi) is 4.94. The number of nitrogens with one attached hydrogen (secondary N) is 1. The number of benzene rings is 2. The number of carbonyl (C=O) groups excluding carboxylic acids is 1. The Labute approximate surface area is 151 Å². The summed E-state index contributed by atoms with van der Waals surface area (Å²) in [6.45, 7) is 0. The van der Waals surface area contributed by atoms with Crippen LogP contribution in [0.1, 0.15) is 28.8 Å². The molecule has 1 fully saturated rings. The van der Waals surface area contributed by atoms with Crippen LogP contribution in [0.15, 0.2) is 57.8 Å². The Bertz CT molecular complexity index is 948. The van der Waals surface area contributed by atoms with E-state index >= 15 is 0 Å². The predicted molar refractivity (Wildman–Crippen MR) is 93.6 cm³/mol. The fraction of sp³-hybridized carbons (Fsp3) is 0.222. The molecular weight excluding hydrogens is 356 g/mol. The summed E-state index contributed by atoms with van der Waals surface area (Å²) in [5.41, 5.74) is 0.408. The predicted octanol–water partition coefficient (Wildman–Crippen LogP) is 1.08. The van der Waals surface area contributed by atoms with Gasteiger partial charge in [-0.05, 0) is 43.2 Å². The third-order valence-electron chi connectivity index (χ3n) is 3.87. The van der Waals surface area contributed by atoms with Gasteiger partial charge in [-0.3, -0.25) is 4.79 Å². The van der Waals surface area contributed by atoms with Crippen LogP contribution in [0.4, 0.5) is 0 Å². The van der Waals surface area contributed by atoms with Crippen LogP contribution in [0.3, 0.4) is 0 Å². The molecule has 1 saturated carbocycles. The first-order valence-electron chi connectivity index (χ1n) is 7.97. The van der Waals surface area contributed by atoms with Crippen LogP contribution in [0, 0.1) is 0 Å². The van der Waals surface area contributed by atoms with Crippen molar-refractivity contribution < 1.29 is 23.1 Å². The van der Waals surface area contributed by atoms with E-state index < -0.39 is 15.9 Å². The molecular formula is C18H17N2O5S-. The molecule has 0 aromatic heterocycles. The number of nitrogens with zero attached hydrogens (tertiary/aromatic N) is 1. The first-order valence-corrected chi connectivity index (χ1v) is 9.41. The van der Waals surface area contributed by atoms with E-state index in [-0.39, 0.29) is 28.2 Å². The maximum atomic E-state index is 12.4. The Balaban J connectivity index is 1.84. The van der Waals surface area contributed by atoms with Gasteiger partial charge in [0.05, 0.1) is 12.0 Å². The van der Waals surface area contributed by atoms with Crippen molar-refractivity contribution in [3.8, 4) is 5.75 Å². The van der Waals surface area contributed by atoms with E-state index in [1.54, 1.807) is 18.2 Å². The van der Waals surface area contributed by atoms with Gasteiger partial charge in [0.25, 0.3) is 15.9 Å². The Morgan fingerprint density at radius 3 is 2.42 bits per heavy atom. The third-order valence-corrected chi connectivity index (χ3v) is 5.14. The molecule has 0 radical (unpaired) electrons. The molecule has 136 valence electrons. The van der Waals surface area contributed by atoms with Crippen molar-refractivity contribution in [2.45, 2.75) is 23.8 Å². The number of para-hydroxylation sites is 1. The maximum absolute atomic E-state index is 12.4. The zero-order chi connectivity index (χ0) is 18.7. The van der Waals surface area contributed by atoms with Gasteiger partial charge < -0.3 is 15.2 Å². The van der Waals surface area contributed by atoms with Crippen LogP contribution >= 0.6 is 0 Å². The first kappa shape index (κ1) is 17.9. The molecule has 2 aromatic rings. The molecule has 1 aliphatic rings. The maximum Gasteiger partial charge on any atom is 0.281 e. The lowest BCUT2D eigenvalue weighted by Crippen LogP contribution is -2.25. The molecule has 1 aliphatic carbocycles. The van der Waals surface area contributed by atoms with E-state index in [2.05, 4.69) is 9.71 Å². The van der Waals surface area contributed by atoms with Gasteiger partial charge in [-0.15, -0.1) is 0 Å². The van der Waals surface area contributed by atoms with E-state index in [1.807, 2.05) is 0 Å². The molecule has 1 amide bonds. The normalized spacial score (nSPS) is 14.7. The summed E-state index contributed by atoms with van der Waals surface area (Å²) in [6, 6.07) is 11.8. The molecule has 26 heavy (non-hydrogen) atoms. The molecule has 0 atom stereocenters. The number of sulfonamides is 1. The second-order valence-corrected chi connectivity index (χ2v) is 7.45. The molecule has 0 aliphatic heterocycles. The van der Waals surface area contributed by atoms with Crippen LogP contribution in [0.5, 0.6) is 5.75 Å². The minimum atomic E-state index is -4.20. The zero-order valence-electron chi connectivity index (χ0n) is 14.0. The average Bonchev–Trinajstić information content (AvgIpc) is 3.45. The van der Waals surface area contributed by atoms with Crippen molar-refractivity contribution in [3.63, 3.8) is 0 Å². The molecule has 0 unspecified atom stereocenters. The number of methoxy groups -OCH3 is 1. The number of rotatable bonds is 6. The summed E-state index contributed by atoms with van der Waals surface area (Å²) in [5, 5.41) is 15.0. The summed E-state index contributed by atoms with van der Waals surface area (Å²) in [5.74, 6) is -0.931. The fourth-order valence-electron chi connectivity index (χ4n) is 2.31. The lowest BCUT2D eigenvalue weighted by atomic mass is 10.2. The summed E-state index contributed by atoms with van der Waals surface area (Å²) in [7, 11) is -2.82. The minimum absolute atomic E-state index is 0.0546. The van der Waals surface area contributed by atoms with E-state index in [1.165, 1.54) is 37.4 Å². The van der Waals surface area contributed by atoms with Crippen LogP contribution < -0.4 is 15.2 Å². The fourth-order valence-corrected chi connectivity index (χ4v) is 3.21. The Morgan fingerprint density at radius 1 is 1.15 bits per heavy atom. The number of carbonyl (C=O) groups is 1. The van der Waals surface area contributed by atoms with Gasteiger partial charge in [-0.1, -0.05) is 18.2 Å². The van der Waals surface area contributed by atoms with E-state index in [9.17, 15) is 18.3 Å². The molecule has 0 spiro atoms. The van der Waals surface area contributed by atoms with Crippen LogP contribution in [-0.4, -0.2) is 33.4 Å². The first-order chi connectivity index (χ1) is 12.4. The second kappa shape index (κ2) is 7.17. The van der Waals surface area contributed by atoms with Crippen molar-refractivity contribution in [1.29, 1.82) is 0 Å². The molecule has 0 bridgehead atoms.